The van der Waals surface area contributed by atoms with E-state index in [1.54, 1.807) is 18.3 Å². The molecule has 1 amide bonds. The normalized spacial score (nSPS) is 10.8. The largest absolute Gasteiger partial charge is 0.431 e. The lowest BCUT2D eigenvalue weighted by Crippen LogP contribution is -2.31. The second kappa shape index (κ2) is 6.81. The van der Waals surface area contributed by atoms with E-state index in [-0.39, 0.29) is 11.9 Å². The van der Waals surface area contributed by atoms with Crippen LogP contribution < -0.4 is 5.32 Å². The van der Waals surface area contributed by atoms with Gasteiger partial charge in [0.15, 0.2) is 5.76 Å². The molecule has 0 aliphatic carbocycles. The Labute approximate surface area is 126 Å². The van der Waals surface area contributed by atoms with Gasteiger partial charge in [0.2, 0.25) is 5.91 Å². The Morgan fingerprint density at radius 3 is 2.75 bits per heavy atom. The lowest BCUT2D eigenvalue weighted by molar-refractivity contribution is -0.119. The second-order valence-electron chi connectivity index (χ2n) is 4.51. The summed E-state index contributed by atoms with van der Waals surface area (Å²) in [5.74, 6) is 0.920. The lowest BCUT2D eigenvalue weighted by Gasteiger charge is -2.06. The number of benzene rings is 1. The molecule has 0 saturated carbocycles. The summed E-state index contributed by atoms with van der Waals surface area (Å²) in [6.45, 7) is 3.85. The molecule has 0 bridgehead atoms. The number of carbonyl (C=O) groups is 1. The van der Waals surface area contributed by atoms with Crippen LogP contribution in [0, 0.1) is 0 Å². The van der Waals surface area contributed by atoms with Crippen LogP contribution >= 0.6 is 23.4 Å². The van der Waals surface area contributed by atoms with Gasteiger partial charge in [-0.15, -0.1) is 0 Å². The maximum Gasteiger partial charge on any atom is 0.256 e. The van der Waals surface area contributed by atoms with Gasteiger partial charge in [-0.05, 0) is 38.1 Å². The van der Waals surface area contributed by atoms with Crippen LogP contribution in [0.3, 0.4) is 0 Å². The molecule has 0 aliphatic rings. The number of nitrogens with one attached hydrogen (secondary N) is 1. The maximum atomic E-state index is 11.5. The molecule has 2 rings (SSSR count). The molecule has 0 aliphatic heterocycles. The Balaban J connectivity index is 1.95. The minimum absolute atomic E-state index is 0.0313. The molecule has 0 radical (unpaired) electrons. The monoisotopic (exact) mass is 310 g/mol. The highest BCUT2D eigenvalue weighted by Crippen LogP contribution is 2.26. The van der Waals surface area contributed by atoms with Gasteiger partial charge in [0.1, 0.15) is 0 Å². The van der Waals surface area contributed by atoms with Gasteiger partial charge in [-0.3, -0.25) is 4.79 Å². The van der Waals surface area contributed by atoms with Crippen LogP contribution in [0.2, 0.25) is 5.02 Å². The van der Waals surface area contributed by atoms with E-state index in [9.17, 15) is 4.79 Å². The fourth-order valence-electron chi connectivity index (χ4n) is 1.56. The molecule has 106 valence electrons. The molecular weight excluding hydrogens is 296 g/mol. The number of rotatable bonds is 5. The average Bonchev–Trinajstić information content (AvgIpc) is 2.85. The molecule has 2 aromatic rings. The Bertz CT molecular complexity index is 581. The predicted molar refractivity (Wildman–Crippen MR) is 81.0 cm³/mol. The Morgan fingerprint density at radius 1 is 1.40 bits per heavy atom. The molecule has 0 saturated heterocycles. The minimum atomic E-state index is -0.0313. The van der Waals surface area contributed by atoms with Crippen molar-refractivity contribution in [2.75, 3.05) is 5.75 Å². The van der Waals surface area contributed by atoms with E-state index >= 15 is 0 Å². The van der Waals surface area contributed by atoms with Crippen molar-refractivity contribution in [2.45, 2.75) is 25.1 Å². The van der Waals surface area contributed by atoms with E-state index in [4.69, 9.17) is 16.0 Å². The molecule has 4 nitrogen and oxygen atoms in total. The van der Waals surface area contributed by atoms with Crippen molar-refractivity contribution in [2.24, 2.45) is 0 Å². The number of halogens is 1. The number of carbonyl (C=O) groups excluding carboxylic acids is 1. The van der Waals surface area contributed by atoms with E-state index in [2.05, 4.69) is 10.3 Å². The first-order valence-electron chi connectivity index (χ1n) is 6.18. The van der Waals surface area contributed by atoms with Gasteiger partial charge in [-0.2, -0.15) is 0 Å². The number of hydrogen-bond donors (Lipinski definition) is 1. The molecule has 20 heavy (non-hydrogen) atoms. The molecule has 0 unspecified atom stereocenters. The molecule has 0 spiro atoms. The van der Waals surface area contributed by atoms with E-state index < -0.39 is 0 Å². The highest BCUT2D eigenvalue weighted by atomic mass is 35.5. The summed E-state index contributed by atoms with van der Waals surface area (Å²) in [7, 11) is 0. The molecule has 1 heterocycles. The number of oxazole rings is 1. The highest BCUT2D eigenvalue weighted by molar-refractivity contribution is 7.99. The Kier molecular flexibility index (Phi) is 5.09. The second-order valence-corrected chi connectivity index (χ2v) is 5.87. The van der Waals surface area contributed by atoms with Gasteiger partial charge in [0.05, 0.1) is 11.9 Å². The molecule has 6 heteroatoms. The van der Waals surface area contributed by atoms with Gasteiger partial charge in [-0.1, -0.05) is 23.4 Å². The summed E-state index contributed by atoms with van der Waals surface area (Å²) in [6.07, 6.45) is 1.64. The lowest BCUT2D eigenvalue weighted by atomic mass is 10.2. The summed E-state index contributed by atoms with van der Waals surface area (Å²) in [5.41, 5.74) is 0.903. The van der Waals surface area contributed by atoms with Crippen molar-refractivity contribution in [3.8, 4) is 11.3 Å². The van der Waals surface area contributed by atoms with Crippen molar-refractivity contribution < 1.29 is 9.21 Å². The standard InChI is InChI=1S/C14H15ClN2O2S/c1-9(2)17-13(18)8-20-14-16-7-12(19-14)10-3-5-11(15)6-4-10/h3-7,9H,8H2,1-2H3,(H,17,18). The number of hydrogen-bond acceptors (Lipinski definition) is 4. The molecule has 0 fully saturated rings. The van der Waals surface area contributed by atoms with Crippen LogP contribution in [-0.4, -0.2) is 22.7 Å². The minimum Gasteiger partial charge on any atom is -0.431 e. The number of amides is 1. The van der Waals surface area contributed by atoms with Gasteiger partial charge >= 0.3 is 0 Å². The van der Waals surface area contributed by atoms with Gasteiger partial charge < -0.3 is 9.73 Å². The summed E-state index contributed by atoms with van der Waals surface area (Å²) in [4.78, 5) is 15.7. The zero-order chi connectivity index (χ0) is 14.5. The number of nitrogens with zero attached hydrogens (tertiary/aromatic N) is 1. The maximum absolute atomic E-state index is 11.5. The third-order valence-corrected chi connectivity index (χ3v) is 3.48. The third kappa shape index (κ3) is 4.28. The van der Waals surface area contributed by atoms with Crippen molar-refractivity contribution in [3.05, 3.63) is 35.5 Å². The van der Waals surface area contributed by atoms with Crippen molar-refractivity contribution in [1.82, 2.24) is 10.3 Å². The summed E-state index contributed by atoms with van der Waals surface area (Å²) < 4.78 is 5.59. The van der Waals surface area contributed by atoms with Gasteiger partial charge in [0.25, 0.3) is 5.22 Å². The fourth-order valence-corrected chi connectivity index (χ4v) is 2.30. The zero-order valence-corrected chi connectivity index (χ0v) is 12.8. The van der Waals surface area contributed by atoms with E-state index in [1.165, 1.54) is 11.8 Å². The SMILES string of the molecule is CC(C)NC(=O)CSc1ncc(-c2ccc(Cl)cc2)o1. The van der Waals surface area contributed by atoms with Crippen LogP contribution in [0.5, 0.6) is 0 Å². The number of thioether (sulfide) groups is 1. The molecular formula is C14H15ClN2O2S. The first-order chi connectivity index (χ1) is 9.54. The fraction of sp³-hybridized carbons (Fsp3) is 0.286. The summed E-state index contributed by atoms with van der Waals surface area (Å²) in [6, 6.07) is 7.45. The molecule has 1 aromatic heterocycles. The van der Waals surface area contributed by atoms with Crippen LogP contribution in [0.15, 0.2) is 40.1 Å². The smallest absolute Gasteiger partial charge is 0.256 e. The van der Waals surface area contributed by atoms with Crippen molar-refractivity contribution >= 4 is 29.3 Å². The van der Waals surface area contributed by atoms with Gasteiger partial charge in [-0.25, -0.2) is 4.98 Å². The van der Waals surface area contributed by atoms with Crippen molar-refractivity contribution in [1.29, 1.82) is 0 Å². The van der Waals surface area contributed by atoms with Gasteiger partial charge in [0, 0.05) is 16.6 Å². The van der Waals surface area contributed by atoms with E-state index in [1.807, 2.05) is 26.0 Å². The third-order valence-electron chi connectivity index (χ3n) is 2.39. The summed E-state index contributed by atoms with van der Waals surface area (Å²) >= 11 is 7.11. The highest BCUT2D eigenvalue weighted by Gasteiger charge is 2.10. The van der Waals surface area contributed by atoms with Crippen LogP contribution in [0.25, 0.3) is 11.3 Å². The van der Waals surface area contributed by atoms with Crippen LogP contribution in [0.1, 0.15) is 13.8 Å². The quantitative estimate of drug-likeness (QED) is 0.857. The molecule has 1 aromatic carbocycles. The van der Waals surface area contributed by atoms with E-state index in [0.717, 1.165) is 5.56 Å². The van der Waals surface area contributed by atoms with Crippen LogP contribution in [-0.2, 0) is 4.79 Å². The van der Waals surface area contributed by atoms with E-state index in [0.29, 0.717) is 21.8 Å². The first kappa shape index (κ1) is 14.9. The zero-order valence-electron chi connectivity index (χ0n) is 11.2. The molecule has 0 atom stereocenters. The summed E-state index contributed by atoms with van der Waals surface area (Å²) in [5, 5.41) is 3.97. The van der Waals surface area contributed by atoms with Crippen LogP contribution in [0.4, 0.5) is 0 Å². The predicted octanol–water partition coefficient (Wildman–Crippen LogP) is 3.61. The topological polar surface area (TPSA) is 55.1 Å². The first-order valence-corrected chi connectivity index (χ1v) is 7.55. The number of aromatic nitrogens is 1. The Morgan fingerprint density at radius 2 is 2.10 bits per heavy atom. The average molecular weight is 311 g/mol. The van der Waals surface area contributed by atoms with Crippen molar-refractivity contribution in [3.63, 3.8) is 0 Å². The Hall–Kier alpha value is -1.46. The molecule has 1 N–H and O–H groups in total.